The Bertz CT molecular complexity index is 358. The zero-order valence-corrected chi connectivity index (χ0v) is 13.0. The molecule has 1 aliphatic rings. The lowest BCUT2D eigenvalue weighted by Crippen LogP contribution is -2.25. The van der Waals surface area contributed by atoms with Gasteiger partial charge in [-0.15, -0.1) is 0 Å². The second-order valence-electron chi connectivity index (χ2n) is 5.48. The van der Waals surface area contributed by atoms with E-state index in [9.17, 15) is 0 Å². The van der Waals surface area contributed by atoms with Crippen LogP contribution in [0.15, 0.2) is 18.3 Å². The van der Waals surface area contributed by atoms with Crippen LogP contribution in [0.5, 0.6) is 0 Å². The van der Waals surface area contributed by atoms with E-state index >= 15 is 0 Å². The predicted octanol–water partition coefficient (Wildman–Crippen LogP) is 4.11. The second-order valence-corrected chi connectivity index (χ2v) is 6.81. The first-order valence-corrected chi connectivity index (χ1v) is 8.62. The van der Waals surface area contributed by atoms with Gasteiger partial charge in [-0.25, -0.2) is 0 Å². The number of thioether (sulfide) groups is 1. The lowest BCUT2D eigenvalue weighted by atomic mass is 10.1. The lowest BCUT2D eigenvalue weighted by molar-refractivity contribution is 0.575. The van der Waals surface area contributed by atoms with Crippen molar-refractivity contribution in [3.63, 3.8) is 0 Å². The summed E-state index contributed by atoms with van der Waals surface area (Å²) >= 11 is 2.15. The molecule has 2 nitrogen and oxygen atoms in total. The predicted molar refractivity (Wildman–Crippen MR) is 84.7 cm³/mol. The summed E-state index contributed by atoms with van der Waals surface area (Å²) in [6.07, 6.45) is 8.91. The van der Waals surface area contributed by atoms with Gasteiger partial charge in [0.15, 0.2) is 0 Å². The number of hydrogen-bond acceptors (Lipinski definition) is 3. The molecule has 0 spiro atoms. The molecule has 0 saturated heterocycles. The monoisotopic (exact) mass is 278 g/mol. The molecule has 19 heavy (non-hydrogen) atoms. The highest BCUT2D eigenvalue weighted by Crippen LogP contribution is 2.32. The average molecular weight is 278 g/mol. The molecule has 0 radical (unpaired) electrons. The van der Waals surface area contributed by atoms with Gasteiger partial charge in [-0.2, -0.15) is 11.8 Å². The highest BCUT2D eigenvalue weighted by molar-refractivity contribution is 7.99. The Morgan fingerprint density at radius 1 is 1.37 bits per heavy atom. The van der Waals surface area contributed by atoms with Gasteiger partial charge in [-0.05, 0) is 44.4 Å². The molecular weight excluding hydrogens is 252 g/mol. The quantitative estimate of drug-likeness (QED) is 0.812. The minimum atomic E-state index is 0.457. The summed E-state index contributed by atoms with van der Waals surface area (Å²) in [4.78, 5) is 4.44. The minimum absolute atomic E-state index is 0.457. The van der Waals surface area contributed by atoms with Gasteiger partial charge in [-0.1, -0.05) is 25.8 Å². The highest BCUT2D eigenvalue weighted by Gasteiger charge is 2.18. The first-order valence-electron chi connectivity index (χ1n) is 7.57. The molecule has 1 N–H and O–H groups in total. The van der Waals surface area contributed by atoms with E-state index in [0.29, 0.717) is 6.04 Å². The van der Waals surface area contributed by atoms with Crippen LogP contribution in [0.1, 0.15) is 56.3 Å². The normalized spacial score (nSPS) is 17.8. The van der Waals surface area contributed by atoms with Crippen LogP contribution in [0.3, 0.4) is 0 Å². The molecule has 0 aliphatic heterocycles. The zero-order valence-electron chi connectivity index (χ0n) is 12.2. The fraction of sp³-hybridized carbons (Fsp3) is 0.688. The number of pyridine rings is 1. The van der Waals surface area contributed by atoms with Gasteiger partial charge >= 0.3 is 0 Å². The van der Waals surface area contributed by atoms with Crippen molar-refractivity contribution in [2.24, 2.45) is 0 Å². The van der Waals surface area contributed by atoms with E-state index in [1.54, 1.807) is 0 Å². The summed E-state index contributed by atoms with van der Waals surface area (Å²) in [6, 6.07) is 4.81. The van der Waals surface area contributed by atoms with E-state index in [1.807, 2.05) is 13.1 Å². The zero-order chi connectivity index (χ0) is 13.5. The van der Waals surface area contributed by atoms with Crippen molar-refractivity contribution < 1.29 is 0 Å². The lowest BCUT2D eigenvalue weighted by Gasteiger charge is -2.20. The average Bonchev–Trinajstić information content (AvgIpc) is 2.93. The van der Waals surface area contributed by atoms with Crippen molar-refractivity contribution in [2.45, 2.75) is 57.2 Å². The Morgan fingerprint density at radius 3 is 2.79 bits per heavy atom. The molecule has 1 unspecified atom stereocenters. The number of hydrogen-bond donors (Lipinski definition) is 1. The summed E-state index contributed by atoms with van der Waals surface area (Å²) in [5, 5.41) is 4.56. The van der Waals surface area contributed by atoms with Crippen LogP contribution in [0.4, 0.5) is 0 Å². The molecular formula is C16H26N2S. The van der Waals surface area contributed by atoms with Crippen LogP contribution in [0.2, 0.25) is 0 Å². The minimum Gasteiger partial charge on any atom is -0.309 e. The third-order valence-corrected chi connectivity index (χ3v) is 5.25. The molecule has 1 aliphatic carbocycles. The number of aromatic nitrogens is 1. The molecule has 0 bridgehead atoms. The molecule has 2 rings (SSSR count). The van der Waals surface area contributed by atoms with Crippen LogP contribution in [-0.4, -0.2) is 22.5 Å². The van der Waals surface area contributed by atoms with Crippen molar-refractivity contribution in [1.29, 1.82) is 0 Å². The maximum atomic E-state index is 4.44. The number of nitrogens with one attached hydrogen (secondary N) is 1. The van der Waals surface area contributed by atoms with Gasteiger partial charge < -0.3 is 5.32 Å². The summed E-state index contributed by atoms with van der Waals surface area (Å²) in [7, 11) is 0. The van der Waals surface area contributed by atoms with Crippen LogP contribution in [-0.2, 0) is 0 Å². The molecule has 1 fully saturated rings. The smallest absolute Gasteiger partial charge is 0.0427 e. The fourth-order valence-corrected chi connectivity index (χ4v) is 4.01. The maximum Gasteiger partial charge on any atom is 0.0427 e. The van der Waals surface area contributed by atoms with Crippen molar-refractivity contribution in [2.75, 3.05) is 12.3 Å². The molecule has 0 amide bonds. The SMILES string of the molecule is CCCNC(CSC1CCCC1)c1ccc(C)nc1. The summed E-state index contributed by atoms with van der Waals surface area (Å²) in [6.45, 7) is 5.36. The van der Waals surface area contributed by atoms with Gasteiger partial charge in [0, 0.05) is 28.9 Å². The largest absolute Gasteiger partial charge is 0.309 e. The van der Waals surface area contributed by atoms with Crippen LogP contribution in [0.25, 0.3) is 0 Å². The van der Waals surface area contributed by atoms with Gasteiger partial charge in [0.05, 0.1) is 0 Å². The van der Waals surface area contributed by atoms with E-state index in [1.165, 1.54) is 43.4 Å². The van der Waals surface area contributed by atoms with E-state index in [-0.39, 0.29) is 0 Å². The first kappa shape index (κ1) is 14.9. The summed E-state index contributed by atoms with van der Waals surface area (Å²) < 4.78 is 0. The van der Waals surface area contributed by atoms with Crippen LogP contribution in [0, 0.1) is 6.92 Å². The molecule has 1 aromatic heterocycles. The molecule has 3 heteroatoms. The molecule has 1 heterocycles. The third kappa shape index (κ3) is 4.81. The second kappa shape index (κ2) is 7.91. The Hall–Kier alpha value is -0.540. The number of nitrogens with zero attached hydrogens (tertiary/aromatic N) is 1. The molecule has 106 valence electrons. The van der Waals surface area contributed by atoms with E-state index in [2.05, 4.69) is 41.1 Å². The molecule has 1 atom stereocenters. The van der Waals surface area contributed by atoms with Gasteiger partial charge in [0.25, 0.3) is 0 Å². The third-order valence-electron chi connectivity index (χ3n) is 3.78. The van der Waals surface area contributed by atoms with E-state index < -0.39 is 0 Å². The first-order chi connectivity index (χ1) is 9.29. The molecule has 0 aromatic carbocycles. The van der Waals surface area contributed by atoms with Crippen molar-refractivity contribution in [3.05, 3.63) is 29.6 Å². The van der Waals surface area contributed by atoms with Gasteiger partial charge in [0.2, 0.25) is 0 Å². The Balaban J connectivity index is 1.91. The standard InChI is InChI=1S/C16H26N2S/c1-3-10-17-16(12-19-15-6-4-5-7-15)14-9-8-13(2)18-11-14/h8-9,11,15-17H,3-7,10,12H2,1-2H3. The summed E-state index contributed by atoms with van der Waals surface area (Å²) in [5.41, 5.74) is 2.44. The molecule has 1 aromatic rings. The van der Waals surface area contributed by atoms with Crippen molar-refractivity contribution >= 4 is 11.8 Å². The van der Waals surface area contributed by atoms with E-state index in [0.717, 1.165) is 17.5 Å². The van der Waals surface area contributed by atoms with Crippen LogP contribution < -0.4 is 5.32 Å². The van der Waals surface area contributed by atoms with Crippen LogP contribution >= 0.6 is 11.8 Å². The van der Waals surface area contributed by atoms with Crippen molar-refractivity contribution in [1.82, 2.24) is 10.3 Å². The Labute approximate surface area is 121 Å². The topological polar surface area (TPSA) is 24.9 Å². The van der Waals surface area contributed by atoms with Gasteiger partial charge in [-0.3, -0.25) is 4.98 Å². The Morgan fingerprint density at radius 2 is 2.16 bits per heavy atom. The van der Waals surface area contributed by atoms with Gasteiger partial charge in [0.1, 0.15) is 0 Å². The number of rotatable bonds is 7. The fourth-order valence-electron chi connectivity index (χ4n) is 2.56. The summed E-state index contributed by atoms with van der Waals surface area (Å²) in [5.74, 6) is 1.18. The Kier molecular flexibility index (Phi) is 6.18. The number of aryl methyl sites for hydroxylation is 1. The highest BCUT2D eigenvalue weighted by atomic mass is 32.2. The van der Waals surface area contributed by atoms with E-state index in [4.69, 9.17) is 0 Å². The molecule has 1 saturated carbocycles. The maximum absolute atomic E-state index is 4.44. The van der Waals surface area contributed by atoms with Crippen molar-refractivity contribution in [3.8, 4) is 0 Å².